The lowest BCUT2D eigenvalue weighted by molar-refractivity contribution is -0.122. The molecule has 0 unspecified atom stereocenters. The molecule has 8 heteroatoms. The molecule has 0 aliphatic carbocycles. The molecule has 2 heterocycles. The van der Waals surface area contributed by atoms with Gasteiger partial charge in [-0.15, -0.1) is 11.6 Å². The topological polar surface area (TPSA) is 69.7 Å². The number of barbiturate groups is 1. The minimum atomic E-state index is -0.976. The molecule has 154 valence electrons. The number of carbonyl (C=O) groups excluding carboxylic acids is 3. The Morgan fingerprint density at radius 3 is 2.67 bits per heavy atom. The molecule has 30 heavy (non-hydrogen) atoms. The van der Waals surface area contributed by atoms with Gasteiger partial charge in [-0.3, -0.25) is 14.9 Å². The Kier molecular flexibility index (Phi) is 5.55. The molecule has 4 amide bonds. The van der Waals surface area contributed by atoms with Gasteiger partial charge in [0.1, 0.15) is 11.4 Å². The van der Waals surface area contributed by atoms with Crippen LogP contribution in [0.5, 0.6) is 0 Å². The number of anilines is 2. The number of amides is 4. The zero-order valence-corrected chi connectivity index (χ0v) is 16.8. The highest BCUT2D eigenvalue weighted by atomic mass is 35.5. The second-order valence-electron chi connectivity index (χ2n) is 7.08. The van der Waals surface area contributed by atoms with Crippen LogP contribution in [0, 0.1) is 5.82 Å². The van der Waals surface area contributed by atoms with Crippen LogP contribution in [-0.2, 0) is 16.0 Å². The van der Waals surface area contributed by atoms with E-state index in [1.54, 1.807) is 0 Å². The summed E-state index contributed by atoms with van der Waals surface area (Å²) in [6.07, 6.45) is 3.18. The SMILES string of the molecule is O=C1NC(=O)N(c2ccccc2F)C(=O)C1=Cc1ccc2c(c1)CCN2CCCCl. The second-order valence-corrected chi connectivity index (χ2v) is 7.45. The van der Waals surface area contributed by atoms with Crippen LogP contribution in [0.1, 0.15) is 17.5 Å². The highest BCUT2D eigenvalue weighted by molar-refractivity contribution is 6.39. The van der Waals surface area contributed by atoms with Gasteiger partial charge in [-0.2, -0.15) is 0 Å². The second kappa shape index (κ2) is 8.28. The molecule has 2 aliphatic rings. The molecule has 6 nitrogen and oxygen atoms in total. The highest BCUT2D eigenvalue weighted by Crippen LogP contribution is 2.30. The largest absolute Gasteiger partial charge is 0.371 e. The monoisotopic (exact) mass is 427 g/mol. The first-order valence-electron chi connectivity index (χ1n) is 9.59. The van der Waals surface area contributed by atoms with Crippen molar-refractivity contribution in [2.45, 2.75) is 12.8 Å². The fourth-order valence-corrected chi connectivity index (χ4v) is 3.86. The van der Waals surface area contributed by atoms with Crippen molar-refractivity contribution < 1.29 is 18.8 Å². The minimum Gasteiger partial charge on any atom is -0.371 e. The van der Waals surface area contributed by atoms with Gasteiger partial charge in [0.2, 0.25) is 0 Å². The molecular weight excluding hydrogens is 409 g/mol. The van der Waals surface area contributed by atoms with Gasteiger partial charge >= 0.3 is 6.03 Å². The van der Waals surface area contributed by atoms with Crippen LogP contribution in [0.2, 0.25) is 0 Å². The summed E-state index contributed by atoms with van der Waals surface area (Å²) in [6, 6.07) is 10.1. The summed E-state index contributed by atoms with van der Waals surface area (Å²) in [5, 5.41) is 2.11. The lowest BCUT2D eigenvalue weighted by Crippen LogP contribution is -2.54. The summed E-state index contributed by atoms with van der Waals surface area (Å²) in [6.45, 7) is 1.76. The minimum absolute atomic E-state index is 0.206. The van der Waals surface area contributed by atoms with Crippen molar-refractivity contribution in [1.82, 2.24) is 5.32 Å². The number of hydrogen-bond acceptors (Lipinski definition) is 4. The van der Waals surface area contributed by atoms with E-state index in [2.05, 4.69) is 10.2 Å². The van der Waals surface area contributed by atoms with E-state index in [1.165, 1.54) is 24.3 Å². The van der Waals surface area contributed by atoms with Gasteiger partial charge in [0.25, 0.3) is 11.8 Å². The Balaban J connectivity index is 1.65. The Morgan fingerprint density at radius 2 is 1.90 bits per heavy atom. The first-order valence-corrected chi connectivity index (χ1v) is 10.1. The predicted molar refractivity (Wildman–Crippen MR) is 113 cm³/mol. The van der Waals surface area contributed by atoms with E-state index in [1.807, 2.05) is 18.2 Å². The van der Waals surface area contributed by atoms with Crippen LogP contribution in [-0.4, -0.2) is 36.8 Å². The Labute approximate surface area is 177 Å². The Hall–Kier alpha value is -3.19. The van der Waals surface area contributed by atoms with Crippen molar-refractivity contribution in [2.75, 3.05) is 28.8 Å². The molecule has 1 fully saturated rings. The van der Waals surface area contributed by atoms with Gasteiger partial charge in [-0.05, 0) is 54.3 Å². The number of nitrogens with one attached hydrogen (secondary N) is 1. The van der Waals surface area contributed by atoms with Crippen molar-refractivity contribution in [2.24, 2.45) is 0 Å². The zero-order chi connectivity index (χ0) is 21.3. The fraction of sp³-hybridized carbons (Fsp3) is 0.227. The molecule has 0 saturated carbocycles. The van der Waals surface area contributed by atoms with Crippen molar-refractivity contribution in [3.8, 4) is 0 Å². The third-order valence-corrected chi connectivity index (χ3v) is 5.43. The standard InChI is InChI=1S/C22H19ClFN3O3/c23-9-3-10-26-11-8-15-12-14(6-7-18(15)26)13-16-20(28)25-22(30)27(21(16)29)19-5-2-1-4-17(19)24/h1-2,4-7,12-13H,3,8-11H2,(H,25,28,30). The van der Waals surface area contributed by atoms with Crippen LogP contribution in [0.4, 0.5) is 20.6 Å². The first-order chi connectivity index (χ1) is 14.5. The number of halogens is 2. The van der Waals surface area contributed by atoms with Crippen LogP contribution in [0.3, 0.4) is 0 Å². The summed E-state index contributed by atoms with van der Waals surface area (Å²) < 4.78 is 14.2. The number of imide groups is 2. The molecule has 0 aromatic heterocycles. The Morgan fingerprint density at radius 1 is 1.10 bits per heavy atom. The molecule has 1 saturated heterocycles. The molecule has 2 aromatic rings. The maximum Gasteiger partial charge on any atom is 0.336 e. The average Bonchev–Trinajstić information content (AvgIpc) is 3.13. The molecule has 0 atom stereocenters. The maximum atomic E-state index is 14.2. The summed E-state index contributed by atoms with van der Waals surface area (Å²) in [5.41, 5.74) is 2.46. The summed E-state index contributed by atoms with van der Waals surface area (Å²) >= 11 is 5.79. The number of rotatable bonds is 5. The van der Waals surface area contributed by atoms with Crippen LogP contribution in [0.25, 0.3) is 6.08 Å². The fourth-order valence-electron chi connectivity index (χ4n) is 3.74. The van der Waals surface area contributed by atoms with E-state index in [0.29, 0.717) is 16.3 Å². The van der Waals surface area contributed by atoms with E-state index >= 15 is 0 Å². The molecule has 0 radical (unpaired) electrons. The van der Waals surface area contributed by atoms with Crippen LogP contribution < -0.4 is 15.1 Å². The van der Waals surface area contributed by atoms with Crippen molar-refractivity contribution in [3.63, 3.8) is 0 Å². The number of urea groups is 1. The van der Waals surface area contributed by atoms with Crippen molar-refractivity contribution in [3.05, 3.63) is 65.0 Å². The number of benzene rings is 2. The third kappa shape index (κ3) is 3.68. The number of carbonyl (C=O) groups is 3. The summed E-state index contributed by atoms with van der Waals surface area (Å²) in [7, 11) is 0. The Bertz CT molecular complexity index is 1070. The van der Waals surface area contributed by atoms with Gasteiger partial charge in [-0.1, -0.05) is 18.2 Å². The lowest BCUT2D eigenvalue weighted by atomic mass is 10.0. The lowest BCUT2D eigenvalue weighted by Gasteiger charge is -2.26. The van der Waals surface area contributed by atoms with E-state index in [-0.39, 0.29) is 11.3 Å². The van der Waals surface area contributed by atoms with E-state index < -0.39 is 23.7 Å². The zero-order valence-electron chi connectivity index (χ0n) is 16.0. The molecule has 2 aliphatic heterocycles. The number of hydrogen-bond donors (Lipinski definition) is 1. The van der Waals surface area contributed by atoms with Gasteiger partial charge < -0.3 is 4.90 Å². The summed E-state index contributed by atoms with van der Waals surface area (Å²) in [5.74, 6) is -1.80. The quantitative estimate of drug-likeness (QED) is 0.450. The third-order valence-electron chi connectivity index (χ3n) is 5.16. The molecule has 0 bridgehead atoms. The van der Waals surface area contributed by atoms with Gasteiger partial charge in [0.05, 0.1) is 5.69 Å². The average molecular weight is 428 g/mol. The number of fused-ring (bicyclic) bond motifs is 1. The molecule has 1 N–H and O–H groups in total. The number of alkyl halides is 1. The normalized spacial score (nSPS) is 17.5. The van der Waals surface area contributed by atoms with Crippen LogP contribution in [0.15, 0.2) is 48.0 Å². The predicted octanol–water partition coefficient (Wildman–Crippen LogP) is 3.48. The molecule has 0 spiro atoms. The maximum absolute atomic E-state index is 14.2. The van der Waals surface area contributed by atoms with Gasteiger partial charge in [0, 0.05) is 24.7 Å². The van der Waals surface area contributed by atoms with Gasteiger partial charge in [-0.25, -0.2) is 14.1 Å². The smallest absolute Gasteiger partial charge is 0.336 e. The number of para-hydroxylation sites is 1. The van der Waals surface area contributed by atoms with Crippen LogP contribution >= 0.6 is 11.6 Å². The van der Waals surface area contributed by atoms with Crippen molar-refractivity contribution >= 4 is 46.9 Å². The molecular formula is C22H19ClFN3O3. The van der Waals surface area contributed by atoms with E-state index in [9.17, 15) is 18.8 Å². The highest BCUT2D eigenvalue weighted by Gasteiger charge is 2.38. The van der Waals surface area contributed by atoms with Crippen molar-refractivity contribution in [1.29, 1.82) is 0 Å². The molecule has 4 rings (SSSR count). The number of nitrogens with zero attached hydrogens (tertiary/aromatic N) is 2. The summed E-state index contributed by atoms with van der Waals surface area (Å²) in [4.78, 5) is 40.3. The van der Waals surface area contributed by atoms with Gasteiger partial charge in [0.15, 0.2) is 0 Å². The van der Waals surface area contributed by atoms with E-state index in [4.69, 9.17) is 11.6 Å². The first kappa shape index (κ1) is 20.1. The van der Waals surface area contributed by atoms with E-state index in [0.717, 1.165) is 43.2 Å². The molecule has 2 aromatic carbocycles.